The van der Waals surface area contributed by atoms with E-state index in [9.17, 15) is 0 Å². The van der Waals surface area contributed by atoms with Crippen LogP contribution in [0.1, 0.15) is 44.5 Å². The van der Waals surface area contributed by atoms with Crippen molar-refractivity contribution in [2.24, 2.45) is 0 Å². The summed E-state index contributed by atoms with van der Waals surface area (Å²) in [5, 5.41) is 3.44. The van der Waals surface area contributed by atoms with E-state index in [0.29, 0.717) is 6.10 Å². The Morgan fingerprint density at radius 2 is 2.29 bits per heavy atom. The van der Waals surface area contributed by atoms with Gasteiger partial charge in [0.1, 0.15) is 5.82 Å². The van der Waals surface area contributed by atoms with Gasteiger partial charge in [0, 0.05) is 19.0 Å². The highest BCUT2D eigenvalue weighted by Crippen LogP contribution is 2.22. The van der Waals surface area contributed by atoms with Crippen molar-refractivity contribution in [3.05, 3.63) is 24.3 Å². The minimum absolute atomic E-state index is 0.255. The van der Waals surface area contributed by atoms with Crippen LogP contribution in [0, 0.1) is 0 Å². The van der Waals surface area contributed by atoms with Gasteiger partial charge >= 0.3 is 0 Å². The van der Waals surface area contributed by atoms with E-state index in [4.69, 9.17) is 4.74 Å². The Bertz CT molecular complexity index is 312. The highest BCUT2D eigenvalue weighted by atomic mass is 16.5. The van der Waals surface area contributed by atoms with Gasteiger partial charge < -0.3 is 10.1 Å². The molecule has 2 atom stereocenters. The molecule has 94 valence electrons. The van der Waals surface area contributed by atoms with E-state index in [1.54, 1.807) is 12.4 Å². The number of hydrogen-bond donors (Lipinski definition) is 1. The van der Waals surface area contributed by atoms with Crippen LogP contribution in [0.2, 0.25) is 0 Å². The molecule has 1 aromatic rings. The van der Waals surface area contributed by atoms with Crippen LogP contribution in [0.25, 0.3) is 0 Å². The molecule has 0 spiro atoms. The lowest BCUT2D eigenvalue weighted by Gasteiger charge is -2.18. The topological polar surface area (TPSA) is 47.0 Å². The molecule has 1 N–H and O–H groups in total. The zero-order valence-corrected chi connectivity index (χ0v) is 10.4. The molecule has 0 bridgehead atoms. The van der Waals surface area contributed by atoms with Crippen LogP contribution in [0.4, 0.5) is 0 Å². The molecule has 1 aromatic heterocycles. The molecule has 1 fully saturated rings. The fourth-order valence-electron chi connectivity index (χ4n) is 2.28. The lowest BCUT2D eigenvalue weighted by atomic mass is 10.1. The molecule has 2 unspecified atom stereocenters. The normalized spacial score (nSPS) is 21.6. The number of aromatic nitrogens is 2. The summed E-state index contributed by atoms with van der Waals surface area (Å²) >= 11 is 0. The first-order valence-electron chi connectivity index (χ1n) is 6.52. The van der Waals surface area contributed by atoms with E-state index in [2.05, 4.69) is 22.2 Å². The third kappa shape index (κ3) is 3.75. The van der Waals surface area contributed by atoms with Crippen molar-refractivity contribution in [3.63, 3.8) is 0 Å². The van der Waals surface area contributed by atoms with E-state index in [0.717, 1.165) is 31.8 Å². The largest absolute Gasteiger partial charge is 0.378 e. The molecule has 4 nitrogen and oxygen atoms in total. The summed E-state index contributed by atoms with van der Waals surface area (Å²) in [7, 11) is 0. The summed E-state index contributed by atoms with van der Waals surface area (Å²) in [6, 6.07) is 2.11. The van der Waals surface area contributed by atoms with Gasteiger partial charge in [0.2, 0.25) is 0 Å². The average Bonchev–Trinajstić information content (AvgIpc) is 2.88. The summed E-state index contributed by atoms with van der Waals surface area (Å²) < 4.78 is 5.65. The van der Waals surface area contributed by atoms with Gasteiger partial charge in [0.25, 0.3) is 0 Å². The predicted octanol–water partition coefficient (Wildman–Crippen LogP) is 2.09. The highest BCUT2D eigenvalue weighted by Gasteiger charge is 2.19. The number of rotatable bonds is 6. The second-order valence-corrected chi connectivity index (χ2v) is 4.43. The maximum atomic E-state index is 5.65. The van der Waals surface area contributed by atoms with E-state index < -0.39 is 0 Å². The Kier molecular flexibility index (Phi) is 4.88. The SMILES string of the molecule is CCNC(CCC1CCCO1)c1ncccn1. The van der Waals surface area contributed by atoms with Crippen LogP contribution in [-0.2, 0) is 4.74 Å². The standard InChI is InChI=1S/C13H21N3O/c1-2-14-12(13-15-8-4-9-16-13)7-6-11-5-3-10-17-11/h4,8-9,11-12,14H,2-3,5-7,10H2,1H3. The number of nitrogens with one attached hydrogen (secondary N) is 1. The molecule has 2 rings (SSSR count). The maximum Gasteiger partial charge on any atom is 0.145 e. The van der Waals surface area contributed by atoms with Crippen LogP contribution < -0.4 is 5.32 Å². The Labute approximate surface area is 103 Å². The molecule has 0 aliphatic carbocycles. The predicted molar refractivity (Wildman–Crippen MR) is 66.7 cm³/mol. The van der Waals surface area contributed by atoms with Gasteiger partial charge in [-0.15, -0.1) is 0 Å². The van der Waals surface area contributed by atoms with Gasteiger partial charge in [-0.25, -0.2) is 9.97 Å². The Balaban J connectivity index is 1.88. The van der Waals surface area contributed by atoms with E-state index in [1.165, 1.54) is 12.8 Å². The first-order chi connectivity index (χ1) is 8.40. The zero-order valence-electron chi connectivity index (χ0n) is 10.4. The molecule has 1 aliphatic rings. The summed E-state index contributed by atoms with van der Waals surface area (Å²) in [5.74, 6) is 0.896. The first-order valence-corrected chi connectivity index (χ1v) is 6.52. The third-order valence-electron chi connectivity index (χ3n) is 3.15. The highest BCUT2D eigenvalue weighted by molar-refractivity contribution is 4.96. The van der Waals surface area contributed by atoms with Crippen LogP contribution in [0.15, 0.2) is 18.5 Å². The molecular weight excluding hydrogens is 214 g/mol. The molecule has 1 saturated heterocycles. The van der Waals surface area contributed by atoms with Gasteiger partial charge in [-0.2, -0.15) is 0 Å². The van der Waals surface area contributed by atoms with Gasteiger partial charge in [0.15, 0.2) is 0 Å². The molecule has 4 heteroatoms. The zero-order chi connectivity index (χ0) is 11.9. The first kappa shape index (κ1) is 12.5. The second-order valence-electron chi connectivity index (χ2n) is 4.43. The average molecular weight is 235 g/mol. The monoisotopic (exact) mass is 235 g/mol. The molecule has 0 aromatic carbocycles. The molecule has 1 aliphatic heterocycles. The second kappa shape index (κ2) is 6.67. The van der Waals surface area contributed by atoms with Crippen LogP contribution in [0.3, 0.4) is 0 Å². The van der Waals surface area contributed by atoms with Crippen molar-refractivity contribution in [2.45, 2.75) is 44.8 Å². The molecular formula is C13H21N3O. The quantitative estimate of drug-likeness (QED) is 0.820. The third-order valence-corrected chi connectivity index (χ3v) is 3.15. The van der Waals surface area contributed by atoms with Gasteiger partial charge in [-0.05, 0) is 38.3 Å². The summed E-state index contributed by atoms with van der Waals surface area (Å²) in [6.07, 6.45) is 8.60. The Morgan fingerprint density at radius 3 is 2.94 bits per heavy atom. The van der Waals surface area contributed by atoms with Crippen LogP contribution in [-0.4, -0.2) is 29.2 Å². The van der Waals surface area contributed by atoms with Crippen LogP contribution in [0.5, 0.6) is 0 Å². The molecule has 2 heterocycles. The fourth-order valence-corrected chi connectivity index (χ4v) is 2.28. The molecule has 0 radical (unpaired) electrons. The van der Waals surface area contributed by atoms with Crippen molar-refractivity contribution in [1.82, 2.24) is 15.3 Å². The van der Waals surface area contributed by atoms with Gasteiger partial charge in [-0.1, -0.05) is 6.92 Å². The molecule has 0 saturated carbocycles. The van der Waals surface area contributed by atoms with E-state index in [1.807, 2.05) is 6.07 Å². The van der Waals surface area contributed by atoms with Crippen molar-refractivity contribution in [3.8, 4) is 0 Å². The number of hydrogen-bond acceptors (Lipinski definition) is 4. The maximum absolute atomic E-state index is 5.65. The Morgan fingerprint density at radius 1 is 1.47 bits per heavy atom. The molecule has 17 heavy (non-hydrogen) atoms. The van der Waals surface area contributed by atoms with E-state index in [-0.39, 0.29) is 6.04 Å². The van der Waals surface area contributed by atoms with E-state index >= 15 is 0 Å². The van der Waals surface area contributed by atoms with Crippen molar-refractivity contribution < 1.29 is 4.74 Å². The lowest BCUT2D eigenvalue weighted by Crippen LogP contribution is -2.24. The van der Waals surface area contributed by atoms with Gasteiger partial charge in [-0.3, -0.25) is 0 Å². The minimum atomic E-state index is 0.255. The molecule has 0 amide bonds. The van der Waals surface area contributed by atoms with Crippen molar-refractivity contribution >= 4 is 0 Å². The fraction of sp³-hybridized carbons (Fsp3) is 0.692. The van der Waals surface area contributed by atoms with Crippen molar-refractivity contribution in [2.75, 3.05) is 13.2 Å². The summed E-state index contributed by atoms with van der Waals surface area (Å²) in [4.78, 5) is 8.66. The number of ether oxygens (including phenoxy) is 1. The Hall–Kier alpha value is -1.00. The number of nitrogens with zero attached hydrogens (tertiary/aromatic N) is 2. The van der Waals surface area contributed by atoms with Crippen molar-refractivity contribution in [1.29, 1.82) is 0 Å². The smallest absolute Gasteiger partial charge is 0.145 e. The summed E-state index contributed by atoms with van der Waals surface area (Å²) in [5.41, 5.74) is 0. The lowest BCUT2D eigenvalue weighted by molar-refractivity contribution is 0.0993. The van der Waals surface area contributed by atoms with Gasteiger partial charge in [0.05, 0.1) is 12.1 Å². The minimum Gasteiger partial charge on any atom is -0.378 e. The summed E-state index contributed by atoms with van der Waals surface area (Å²) in [6.45, 7) is 3.98. The van der Waals surface area contributed by atoms with Crippen LogP contribution >= 0.6 is 0 Å².